The molecule has 2 atom stereocenters. The van der Waals surface area contributed by atoms with E-state index >= 15 is 0 Å². The normalized spacial score (nSPS) is 21.6. The van der Waals surface area contributed by atoms with Crippen LogP contribution in [-0.2, 0) is 4.79 Å². The van der Waals surface area contributed by atoms with Crippen LogP contribution in [0, 0.1) is 11.8 Å². The number of benzene rings is 1. The van der Waals surface area contributed by atoms with E-state index < -0.39 is 6.04 Å². The number of carbonyl (C=O) groups is 3. The van der Waals surface area contributed by atoms with Gasteiger partial charge in [-0.05, 0) is 36.9 Å². The molecule has 1 fully saturated rings. The minimum absolute atomic E-state index is 0.156. The largest absolute Gasteiger partial charge is 0.341 e. The molecule has 2 aliphatic rings. The Morgan fingerprint density at radius 1 is 1.21 bits per heavy atom. The van der Waals surface area contributed by atoms with Gasteiger partial charge in [-0.2, -0.15) is 0 Å². The lowest BCUT2D eigenvalue weighted by Gasteiger charge is -2.32. The lowest BCUT2D eigenvalue weighted by molar-refractivity contribution is -0.135. The van der Waals surface area contributed by atoms with Crippen LogP contribution in [0.1, 0.15) is 41.0 Å². The van der Waals surface area contributed by atoms with Gasteiger partial charge in [0.15, 0.2) is 0 Å². The van der Waals surface area contributed by atoms with E-state index in [9.17, 15) is 14.4 Å². The zero-order chi connectivity index (χ0) is 17.4. The Kier molecular flexibility index (Phi) is 4.41. The Morgan fingerprint density at radius 2 is 1.79 bits per heavy atom. The lowest BCUT2D eigenvalue weighted by Crippen LogP contribution is -2.53. The predicted molar refractivity (Wildman–Crippen MR) is 89.3 cm³/mol. The van der Waals surface area contributed by atoms with Crippen LogP contribution in [0.25, 0.3) is 0 Å². The third-order valence-corrected chi connectivity index (χ3v) is 4.92. The standard InChI is InChI=1S/C18H23N3O3/c1-11(2)15(18(24)20-8-7-12(9-19)10-20)21-16(22)13-5-3-4-6-14(13)17(21)23/h3-6,11-12,15H,7-10,19H2,1-2H3. The molecule has 0 aromatic heterocycles. The molecule has 24 heavy (non-hydrogen) atoms. The quantitative estimate of drug-likeness (QED) is 0.839. The minimum Gasteiger partial charge on any atom is -0.341 e. The first-order valence-corrected chi connectivity index (χ1v) is 8.41. The lowest BCUT2D eigenvalue weighted by atomic mass is 10.0. The first kappa shape index (κ1) is 16.6. The van der Waals surface area contributed by atoms with Crippen LogP contribution in [0.3, 0.4) is 0 Å². The van der Waals surface area contributed by atoms with Gasteiger partial charge in [0.05, 0.1) is 11.1 Å². The fourth-order valence-electron chi connectivity index (χ4n) is 3.57. The zero-order valence-electron chi connectivity index (χ0n) is 14.1. The summed E-state index contributed by atoms with van der Waals surface area (Å²) in [5.74, 6) is -0.773. The molecule has 0 saturated carbocycles. The average molecular weight is 329 g/mol. The molecule has 2 heterocycles. The summed E-state index contributed by atoms with van der Waals surface area (Å²) in [6.45, 7) is 5.50. The molecule has 2 N–H and O–H groups in total. The molecule has 2 aliphatic heterocycles. The first-order valence-electron chi connectivity index (χ1n) is 8.41. The number of fused-ring (bicyclic) bond motifs is 1. The van der Waals surface area contributed by atoms with E-state index in [0.29, 0.717) is 36.7 Å². The van der Waals surface area contributed by atoms with Crippen LogP contribution in [0.15, 0.2) is 24.3 Å². The molecule has 0 radical (unpaired) electrons. The Bertz CT molecular complexity index is 651. The van der Waals surface area contributed by atoms with Gasteiger partial charge in [-0.15, -0.1) is 0 Å². The van der Waals surface area contributed by atoms with Crippen LogP contribution < -0.4 is 5.73 Å². The van der Waals surface area contributed by atoms with Gasteiger partial charge in [0.25, 0.3) is 11.8 Å². The van der Waals surface area contributed by atoms with Gasteiger partial charge in [-0.3, -0.25) is 19.3 Å². The summed E-state index contributed by atoms with van der Waals surface area (Å²) < 4.78 is 0. The second-order valence-electron chi connectivity index (χ2n) is 6.89. The molecule has 3 amide bonds. The van der Waals surface area contributed by atoms with Gasteiger partial charge < -0.3 is 10.6 Å². The number of amides is 3. The van der Waals surface area contributed by atoms with Crippen molar-refractivity contribution < 1.29 is 14.4 Å². The van der Waals surface area contributed by atoms with Crippen LogP contribution in [0.4, 0.5) is 0 Å². The number of imide groups is 1. The molecule has 3 rings (SSSR count). The maximum atomic E-state index is 13.0. The van der Waals surface area contributed by atoms with Crippen molar-refractivity contribution in [2.75, 3.05) is 19.6 Å². The van der Waals surface area contributed by atoms with Crippen molar-refractivity contribution in [2.45, 2.75) is 26.3 Å². The van der Waals surface area contributed by atoms with Crippen molar-refractivity contribution in [3.63, 3.8) is 0 Å². The van der Waals surface area contributed by atoms with Crippen molar-refractivity contribution in [3.8, 4) is 0 Å². The molecule has 1 saturated heterocycles. The highest BCUT2D eigenvalue weighted by Crippen LogP contribution is 2.29. The monoisotopic (exact) mass is 329 g/mol. The number of nitrogens with two attached hydrogens (primary N) is 1. The first-order chi connectivity index (χ1) is 11.5. The zero-order valence-corrected chi connectivity index (χ0v) is 14.1. The van der Waals surface area contributed by atoms with Crippen LogP contribution in [0.2, 0.25) is 0 Å². The third kappa shape index (κ3) is 2.60. The molecular weight excluding hydrogens is 306 g/mol. The van der Waals surface area contributed by atoms with E-state index in [2.05, 4.69) is 0 Å². The van der Waals surface area contributed by atoms with Crippen molar-refractivity contribution in [2.24, 2.45) is 17.6 Å². The highest BCUT2D eigenvalue weighted by molar-refractivity contribution is 6.22. The predicted octanol–water partition coefficient (Wildman–Crippen LogP) is 1.11. The summed E-state index contributed by atoms with van der Waals surface area (Å²) in [5, 5.41) is 0. The van der Waals surface area contributed by atoms with Crippen molar-refractivity contribution in [1.29, 1.82) is 0 Å². The number of carbonyl (C=O) groups excluding carboxylic acids is 3. The average Bonchev–Trinajstić information content (AvgIpc) is 3.14. The number of hydrogen-bond donors (Lipinski definition) is 1. The molecule has 6 heteroatoms. The van der Waals surface area contributed by atoms with Gasteiger partial charge >= 0.3 is 0 Å². The second-order valence-corrected chi connectivity index (χ2v) is 6.89. The molecular formula is C18H23N3O3. The Hall–Kier alpha value is -2.21. The Balaban J connectivity index is 1.89. The van der Waals surface area contributed by atoms with E-state index in [4.69, 9.17) is 5.73 Å². The molecule has 1 aromatic carbocycles. The van der Waals surface area contributed by atoms with Crippen LogP contribution >= 0.6 is 0 Å². The molecule has 1 aromatic rings. The maximum Gasteiger partial charge on any atom is 0.262 e. The fraction of sp³-hybridized carbons (Fsp3) is 0.500. The molecule has 128 valence electrons. The van der Waals surface area contributed by atoms with Crippen molar-refractivity contribution in [1.82, 2.24) is 9.80 Å². The van der Waals surface area contributed by atoms with Gasteiger partial charge in [0.2, 0.25) is 5.91 Å². The summed E-state index contributed by atoms with van der Waals surface area (Å²) in [6, 6.07) is 5.96. The smallest absolute Gasteiger partial charge is 0.262 e. The molecule has 0 bridgehead atoms. The SMILES string of the molecule is CC(C)C(C(=O)N1CCC(CN)C1)N1C(=O)c2ccccc2C1=O. The topological polar surface area (TPSA) is 83.7 Å². The highest BCUT2D eigenvalue weighted by Gasteiger charge is 2.45. The van der Waals surface area contributed by atoms with Gasteiger partial charge in [-0.1, -0.05) is 26.0 Å². The van der Waals surface area contributed by atoms with Gasteiger partial charge in [0.1, 0.15) is 6.04 Å². The van der Waals surface area contributed by atoms with Crippen molar-refractivity contribution >= 4 is 17.7 Å². The number of likely N-dealkylation sites (tertiary alicyclic amines) is 1. The summed E-state index contributed by atoms with van der Waals surface area (Å²) in [7, 11) is 0. The molecule has 6 nitrogen and oxygen atoms in total. The van der Waals surface area contributed by atoms with Crippen LogP contribution in [-0.4, -0.2) is 53.2 Å². The summed E-state index contributed by atoms with van der Waals surface area (Å²) in [5.41, 5.74) is 6.45. The molecule has 2 unspecified atom stereocenters. The van der Waals surface area contributed by atoms with E-state index in [-0.39, 0.29) is 23.6 Å². The minimum atomic E-state index is -0.770. The number of rotatable bonds is 4. The van der Waals surface area contributed by atoms with Crippen LogP contribution in [0.5, 0.6) is 0 Å². The van der Waals surface area contributed by atoms with Gasteiger partial charge in [-0.25, -0.2) is 0 Å². The van der Waals surface area contributed by atoms with Gasteiger partial charge in [0, 0.05) is 13.1 Å². The maximum absolute atomic E-state index is 13.0. The summed E-state index contributed by atoms with van der Waals surface area (Å²) in [4.78, 5) is 41.3. The van der Waals surface area contributed by atoms with E-state index in [0.717, 1.165) is 11.3 Å². The highest BCUT2D eigenvalue weighted by atomic mass is 16.2. The summed E-state index contributed by atoms with van der Waals surface area (Å²) >= 11 is 0. The second kappa shape index (κ2) is 6.36. The number of nitrogens with zero attached hydrogens (tertiary/aromatic N) is 2. The third-order valence-electron chi connectivity index (χ3n) is 4.92. The van der Waals surface area contributed by atoms with E-state index in [1.807, 2.05) is 13.8 Å². The Labute approximate surface area is 141 Å². The Morgan fingerprint density at radius 3 is 2.25 bits per heavy atom. The summed E-state index contributed by atoms with van der Waals surface area (Å²) in [6.07, 6.45) is 0.870. The molecule has 0 aliphatic carbocycles. The van der Waals surface area contributed by atoms with E-state index in [1.165, 1.54) is 0 Å². The fourth-order valence-corrected chi connectivity index (χ4v) is 3.57. The number of hydrogen-bond acceptors (Lipinski definition) is 4. The molecule has 0 spiro atoms. The van der Waals surface area contributed by atoms with Crippen molar-refractivity contribution in [3.05, 3.63) is 35.4 Å². The van der Waals surface area contributed by atoms with E-state index in [1.54, 1.807) is 29.2 Å².